The molecule has 24 heavy (non-hydrogen) atoms. The molecule has 4 aliphatic rings. The van der Waals surface area contributed by atoms with Gasteiger partial charge in [0.1, 0.15) is 0 Å². The van der Waals surface area contributed by atoms with E-state index in [-0.39, 0.29) is 23.1 Å². The summed E-state index contributed by atoms with van der Waals surface area (Å²) in [6.07, 6.45) is 2.72. The van der Waals surface area contributed by atoms with Crippen molar-refractivity contribution in [2.45, 2.75) is 19.3 Å². The fourth-order valence-corrected chi connectivity index (χ4v) is 5.63. The lowest BCUT2D eigenvalue weighted by Crippen LogP contribution is -2.50. The van der Waals surface area contributed by atoms with E-state index in [2.05, 4.69) is 0 Å². The van der Waals surface area contributed by atoms with Crippen LogP contribution in [0.2, 0.25) is 0 Å². The van der Waals surface area contributed by atoms with Crippen LogP contribution in [-0.2, 0) is 14.3 Å². The third kappa shape index (κ3) is 2.09. The number of fused-ring (bicyclic) bond motifs is 1. The van der Waals surface area contributed by atoms with Crippen LogP contribution in [0, 0.1) is 23.2 Å². The SMILES string of the molecule is O=C(C1[C@H]2COC[C@@H]12)N1CCCC2(CCN(c3ccsc3)C2=O)C1. The van der Waals surface area contributed by atoms with Crippen molar-refractivity contribution in [1.29, 1.82) is 0 Å². The largest absolute Gasteiger partial charge is 0.381 e. The smallest absolute Gasteiger partial charge is 0.235 e. The van der Waals surface area contributed by atoms with Crippen LogP contribution in [-0.4, -0.2) is 49.6 Å². The van der Waals surface area contributed by atoms with Gasteiger partial charge in [0.2, 0.25) is 11.8 Å². The molecule has 2 unspecified atom stereocenters. The van der Waals surface area contributed by atoms with Crippen molar-refractivity contribution in [1.82, 2.24) is 4.90 Å². The molecule has 0 N–H and O–H groups in total. The monoisotopic (exact) mass is 346 g/mol. The molecular weight excluding hydrogens is 324 g/mol. The third-order valence-electron chi connectivity index (χ3n) is 6.46. The standard InChI is InChI=1S/C18H22N2O3S/c21-16(15-13-8-23-9-14(13)15)19-5-1-3-18(11-19)4-6-20(17(18)22)12-2-7-24-10-12/h2,7,10,13-15H,1,3-6,8-9,11H2/t13-,14+,15?,18?. The molecule has 0 aromatic carbocycles. The number of anilines is 1. The van der Waals surface area contributed by atoms with Crippen molar-refractivity contribution in [2.24, 2.45) is 23.2 Å². The fourth-order valence-electron chi connectivity index (χ4n) is 4.99. The number of ether oxygens (including phenoxy) is 1. The second-order valence-electron chi connectivity index (χ2n) is 7.72. The predicted octanol–water partition coefficient (Wildman–Crippen LogP) is 1.99. The first-order valence-electron chi connectivity index (χ1n) is 8.90. The summed E-state index contributed by atoms with van der Waals surface area (Å²) < 4.78 is 5.41. The number of rotatable bonds is 2. The average molecular weight is 346 g/mol. The lowest BCUT2D eigenvalue weighted by molar-refractivity contribution is -0.140. The highest BCUT2D eigenvalue weighted by molar-refractivity contribution is 7.08. The highest BCUT2D eigenvalue weighted by atomic mass is 32.1. The number of piperidine rings is 1. The normalized spacial score (nSPS) is 38.0. The Hall–Kier alpha value is -1.40. The van der Waals surface area contributed by atoms with Crippen molar-refractivity contribution in [2.75, 3.05) is 37.7 Å². The Morgan fingerprint density at radius 3 is 2.83 bits per heavy atom. The average Bonchev–Trinajstić information content (AvgIpc) is 3.06. The fraction of sp³-hybridized carbons (Fsp3) is 0.667. The van der Waals surface area contributed by atoms with Crippen LogP contribution in [0.4, 0.5) is 5.69 Å². The summed E-state index contributed by atoms with van der Waals surface area (Å²) in [5.41, 5.74) is 0.662. The predicted molar refractivity (Wildman–Crippen MR) is 90.8 cm³/mol. The van der Waals surface area contributed by atoms with Crippen LogP contribution >= 0.6 is 11.3 Å². The minimum absolute atomic E-state index is 0.165. The Morgan fingerprint density at radius 1 is 1.25 bits per heavy atom. The van der Waals surface area contributed by atoms with Crippen molar-refractivity contribution in [3.05, 3.63) is 16.8 Å². The Morgan fingerprint density at radius 2 is 2.08 bits per heavy atom. The highest BCUT2D eigenvalue weighted by Gasteiger charge is 2.60. The van der Waals surface area contributed by atoms with Crippen LogP contribution in [0.3, 0.4) is 0 Å². The Balaban J connectivity index is 1.32. The van der Waals surface area contributed by atoms with Crippen LogP contribution < -0.4 is 4.90 Å². The number of amides is 2. The van der Waals surface area contributed by atoms with Gasteiger partial charge >= 0.3 is 0 Å². The minimum atomic E-state index is -0.351. The van der Waals surface area contributed by atoms with Crippen molar-refractivity contribution < 1.29 is 14.3 Å². The molecule has 5 rings (SSSR count). The summed E-state index contributed by atoms with van der Waals surface area (Å²) >= 11 is 1.62. The van der Waals surface area contributed by atoms with E-state index in [0.717, 1.165) is 51.3 Å². The van der Waals surface area contributed by atoms with Crippen molar-refractivity contribution >= 4 is 28.8 Å². The first-order valence-corrected chi connectivity index (χ1v) is 9.85. The number of carbonyl (C=O) groups excluding carboxylic acids is 2. The topological polar surface area (TPSA) is 49.9 Å². The number of likely N-dealkylation sites (tertiary alicyclic amines) is 1. The lowest BCUT2D eigenvalue weighted by Gasteiger charge is -2.39. The molecule has 1 aliphatic carbocycles. The minimum Gasteiger partial charge on any atom is -0.381 e. The summed E-state index contributed by atoms with van der Waals surface area (Å²) in [7, 11) is 0. The highest BCUT2D eigenvalue weighted by Crippen LogP contribution is 2.52. The molecule has 4 heterocycles. The summed E-state index contributed by atoms with van der Waals surface area (Å²) in [5, 5.41) is 4.05. The molecule has 3 saturated heterocycles. The molecular formula is C18H22N2O3S. The van der Waals surface area contributed by atoms with E-state index in [1.807, 2.05) is 26.6 Å². The lowest BCUT2D eigenvalue weighted by atomic mass is 9.78. The molecule has 5 nitrogen and oxygen atoms in total. The van der Waals surface area contributed by atoms with Crippen LogP contribution in [0.1, 0.15) is 19.3 Å². The van der Waals surface area contributed by atoms with E-state index in [1.54, 1.807) is 11.3 Å². The number of nitrogens with zero attached hydrogens (tertiary/aromatic N) is 2. The summed E-state index contributed by atoms with van der Waals surface area (Å²) in [5.74, 6) is 1.54. The van der Waals surface area contributed by atoms with Crippen molar-refractivity contribution in [3.63, 3.8) is 0 Å². The Kier molecular flexibility index (Phi) is 3.29. The van der Waals surface area contributed by atoms with E-state index in [0.29, 0.717) is 18.4 Å². The van der Waals surface area contributed by atoms with E-state index in [4.69, 9.17) is 4.74 Å². The Bertz CT molecular complexity index is 666. The molecule has 128 valence electrons. The van der Waals surface area contributed by atoms with Crippen LogP contribution in [0.25, 0.3) is 0 Å². The zero-order chi connectivity index (χ0) is 16.3. The molecule has 3 aliphatic heterocycles. The van der Waals surface area contributed by atoms with Gasteiger partial charge in [0.15, 0.2) is 0 Å². The van der Waals surface area contributed by atoms with Crippen molar-refractivity contribution in [3.8, 4) is 0 Å². The number of hydrogen-bond acceptors (Lipinski definition) is 4. The molecule has 2 amide bonds. The molecule has 1 aromatic heterocycles. The molecule has 6 heteroatoms. The number of carbonyl (C=O) groups is 2. The maximum Gasteiger partial charge on any atom is 0.235 e. The molecule has 4 fully saturated rings. The van der Waals surface area contributed by atoms with Gasteiger partial charge in [-0.25, -0.2) is 0 Å². The van der Waals surface area contributed by atoms with Gasteiger partial charge in [0, 0.05) is 30.9 Å². The molecule has 1 spiro atoms. The molecule has 4 atom stereocenters. The van der Waals surface area contributed by atoms with Gasteiger partial charge in [-0.2, -0.15) is 11.3 Å². The van der Waals surface area contributed by atoms with E-state index < -0.39 is 0 Å². The maximum atomic E-state index is 13.1. The van der Waals surface area contributed by atoms with E-state index in [9.17, 15) is 9.59 Å². The number of hydrogen-bond donors (Lipinski definition) is 0. The first-order chi connectivity index (χ1) is 11.7. The van der Waals surface area contributed by atoms with Gasteiger partial charge in [0.25, 0.3) is 0 Å². The van der Waals surface area contributed by atoms with E-state index in [1.165, 1.54) is 0 Å². The summed E-state index contributed by atoms with van der Waals surface area (Å²) in [4.78, 5) is 29.9. The second-order valence-corrected chi connectivity index (χ2v) is 8.50. The third-order valence-corrected chi connectivity index (χ3v) is 7.13. The summed E-state index contributed by atoms with van der Waals surface area (Å²) in [6.45, 7) is 3.68. The van der Waals surface area contributed by atoms with Gasteiger partial charge in [0.05, 0.1) is 24.3 Å². The van der Waals surface area contributed by atoms with Crippen LogP contribution in [0.5, 0.6) is 0 Å². The van der Waals surface area contributed by atoms with Gasteiger partial charge in [-0.05, 0) is 42.5 Å². The zero-order valence-electron chi connectivity index (χ0n) is 13.6. The van der Waals surface area contributed by atoms with E-state index >= 15 is 0 Å². The number of thiophene rings is 1. The summed E-state index contributed by atoms with van der Waals surface area (Å²) in [6, 6.07) is 2.01. The molecule has 0 radical (unpaired) electrons. The van der Waals surface area contributed by atoms with Gasteiger partial charge in [-0.3, -0.25) is 9.59 Å². The molecule has 1 aromatic rings. The maximum absolute atomic E-state index is 13.1. The molecule has 1 saturated carbocycles. The van der Waals surface area contributed by atoms with Crippen LogP contribution in [0.15, 0.2) is 16.8 Å². The first kappa shape index (κ1) is 14.9. The Labute approximate surface area is 145 Å². The zero-order valence-corrected chi connectivity index (χ0v) is 14.5. The van der Waals surface area contributed by atoms with Gasteiger partial charge < -0.3 is 14.5 Å². The van der Waals surface area contributed by atoms with Gasteiger partial charge in [-0.1, -0.05) is 0 Å². The molecule has 0 bridgehead atoms. The van der Waals surface area contributed by atoms with Gasteiger partial charge in [-0.15, -0.1) is 0 Å². The quantitative estimate of drug-likeness (QED) is 0.823. The second kappa shape index (κ2) is 5.30.